The maximum atomic E-state index is 13.5. The third kappa shape index (κ3) is 5.42. The highest BCUT2D eigenvalue weighted by Crippen LogP contribution is 2.42. The topological polar surface area (TPSA) is 49.4 Å². The van der Waals surface area contributed by atoms with Gasteiger partial charge in [-0.2, -0.15) is 0 Å². The van der Waals surface area contributed by atoms with E-state index in [4.69, 9.17) is 0 Å². The van der Waals surface area contributed by atoms with Crippen LogP contribution in [0.1, 0.15) is 32.6 Å². The fourth-order valence-corrected chi connectivity index (χ4v) is 5.23. The van der Waals surface area contributed by atoms with Gasteiger partial charge in [0.1, 0.15) is 0 Å². The quantitative estimate of drug-likeness (QED) is 0.310. The first-order valence-corrected chi connectivity index (χ1v) is 12.7. The second-order valence-corrected chi connectivity index (χ2v) is 9.83. The number of aryl methyl sites for hydroxylation is 1. The summed E-state index contributed by atoms with van der Waals surface area (Å²) in [5.74, 6) is -0.149. The summed E-state index contributed by atoms with van der Waals surface area (Å²) in [5, 5.41) is 2.95. The van der Waals surface area contributed by atoms with Crippen LogP contribution in [0.4, 0.5) is 5.69 Å². The Hall–Kier alpha value is -4.09. The standard InChI is InChI=1S/C31H26N2O2S/c1-22-8-7-11-25(18-22)21-33-27-12-5-6-13-28(27)36-29(31(33)35)19-23-14-16-26(17-15-23)30(34)32-20-24-9-3-2-4-10-24/h2-19H,20-21H2,1H3,(H,32,34)/b29-19+. The number of benzene rings is 4. The van der Waals surface area contributed by atoms with Crippen LogP contribution in [0.15, 0.2) is 113 Å². The van der Waals surface area contributed by atoms with Gasteiger partial charge >= 0.3 is 0 Å². The number of hydrogen-bond acceptors (Lipinski definition) is 3. The molecule has 178 valence electrons. The van der Waals surface area contributed by atoms with E-state index in [1.807, 2.05) is 83.8 Å². The van der Waals surface area contributed by atoms with Crippen LogP contribution < -0.4 is 10.2 Å². The maximum Gasteiger partial charge on any atom is 0.265 e. The number of nitrogens with zero attached hydrogens (tertiary/aromatic N) is 1. The average Bonchev–Trinajstić information content (AvgIpc) is 2.91. The molecule has 0 saturated carbocycles. The van der Waals surface area contributed by atoms with Gasteiger partial charge in [0.2, 0.25) is 0 Å². The molecule has 2 amide bonds. The molecule has 0 aromatic heterocycles. The van der Waals surface area contributed by atoms with Crippen LogP contribution in [0.3, 0.4) is 0 Å². The van der Waals surface area contributed by atoms with Gasteiger partial charge < -0.3 is 10.2 Å². The van der Waals surface area contributed by atoms with Crippen molar-refractivity contribution in [3.63, 3.8) is 0 Å². The largest absolute Gasteiger partial charge is 0.348 e. The highest BCUT2D eigenvalue weighted by Gasteiger charge is 2.29. The summed E-state index contributed by atoms with van der Waals surface area (Å²) in [6.45, 7) is 3.05. The van der Waals surface area contributed by atoms with Crippen LogP contribution in [-0.4, -0.2) is 11.8 Å². The number of nitrogens with one attached hydrogen (secondary N) is 1. The molecule has 4 nitrogen and oxygen atoms in total. The summed E-state index contributed by atoms with van der Waals surface area (Å²) in [5.41, 5.74) is 5.70. The molecule has 0 atom stereocenters. The number of hydrogen-bond donors (Lipinski definition) is 1. The zero-order valence-electron chi connectivity index (χ0n) is 20.0. The van der Waals surface area contributed by atoms with Crippen molar-refractivity contribution in [2.75, 3.05) is 4.90 Å². The first kappa shape index (κ1) is 23.6. The Labute approximate surface area is 215 Å². The van der Waals surface area contributed by atoms with Crippen LogP contribution in [0.25, 0.3) is 6.08 Å². The van der Waals surface area contributed by atoms with E-state index in [0.717, 1.165) is 27.3 Å². The minimum absolute atomic E-state index is 0.0233. The summed E-state index contributed by atoms with van der Waals surface area (Å²) in [4.78, 5) is 29.7. The van der Waals surface area contributed by atoms with Gasteiger partial charge in [-0.3, -0.25) is 9.59 Å². The van der Waals surface area contributed by atoms with Gasteiger partial charge in [-0.1, -0.05) is 96.2 Å². The number of amides is 2. The van der Waals surface area contributed by atoms with Crippen molar-refractivity contribution in [3.05, 3.63) is 136 Å². The molecule has 4 aromatic rings. The van der Waals surface area contributed by atoms with Gasteiger partial charge in [0.05, 0.1) is 17.1 Å². The van der Waals surface area contributed by atoms with Gasteiger partial charge in [-0.25, -0.2) is 0 Å². The Morgan fingerprint density at radius 1 is 0.861 bits per heavy atom. The van der Waals surface area contributed by atoms with Crippen molar-refractivity contribution >= 4 is 35.3 Å². The minimum atomic E-state index is -0.126. The van der Waals surface area contributed by atoms with E-state index in [9.17, 15) is 9.59 Å². The van der Waals surface area contributed by atoms with Crippen LogP contribution in [0, 0.1) is 6.92 Å². The summed E-state index contributed by atoms with van der Waals surface area (Å²) in [6, 6.07) is 33.4. The van der Waals surface area contributed by atoms with Gasteiger partial charge in [0.15, 0.2) is 0 Å². The lowest BCUT2D eigenvalue weighted by Crippen LogP contribution is -2.33. The van der Waals surface area contributed by atoms with E-state index in [1.54, 1.807) is 12.1 Å². The highest BCUT2D eigenvalue weighted by atomic mass is 32.2. The predicted molar refractivity (Wildman–Crippen MR) is 147 cm³/mol. The van der Waals surface area contributed by atoms with Crippen molar-refractivity contribution in [2.24, 2.45) is 0 Å². The molecule has 5 rings (SSSR count). The van der Waals surface area contributed by atoms with Crippen molar-refractivity contribution < 1.29 is 9.59 Å². The van der Waals surface area contributed by atoms with Crippen LogP contribution >= 0.6 is 11.8 Å². The van der Waals surface area contributed by atoms with Gasteiger partial charge in [-0.15, -0.1) is 0 Å². The lowest BCUT2D eigenvalue weighted by atomic mass is 10.1. The molecule has 0 radical (unpaired) electrons. The van der Waals surface area contributed by atoms with Crippen molar-refractivity contribution in [1.82, 2.24) is 5.32 Å². The number of fused-ring (bicyclic) bond motifs is 1. The third-order valence-corrected chi connectivity index (χ3v) is 7.10. The number of thioether (sulfide) groups is 1. The van der Waals surface area contributed by atoms with Gasteiger partial charge in [0.25, 0.3) is 11.8 Å². The number of para-hydroxylation sites is 1. The van der Waals surface area contributed by atoms with Crippen molar-refractivity contribution in [3.8, 4) is 0 Å². The second kappa shape index (κ2) is 10.7. The molecular weight excluding hydrogens is 464 g/mol. The summed E-state index contributed by atoms with van der Waals surface area (Å²) < 4.78 is 0. The second-order valence-electron chi connectivity index (χ2n) is 8.75. The average molecular weight is 491 g/mol. The molecule has 1 aliphatic heterocycles. The number of carbonyl (C=O) groups is 2. The maximum absolute atomic E-state index is 13.5. The molecule has 4 aromatic carbocycles. The molecular formula is C31H26N2O2S. The molecule has 0 saturated heterocycles. The lowest BCUT2D eigenvalue weighted by molar-refractivity contribution is -0.114. The Balaban J connectivity index is 1.34. The Kier molecular flexibility index (Phi) is 7.01. The number of carbonyl (C=O) groups excluding carboxylic acids is 2. The molecule has 1 aliphatic rings. The van der Waals surface area contributed by atoms with Crippen LogP contribution in [0.2, 0.25) is 0 Å². The van der Waals surface area contributed by atoms with E-state index in [1.165, 1.54) is 17.3 Å². The molecule has 5 heteroatoms. The van der Waals surface area contributed by atoms with E-state index < -0.39 is 0 Å². The highest BCUT2D eigenvalue weighted by molar-refractivity contribution is 8.04. The van der Waals surface area contributed by atoms with E-state index >= 15 is 0 Å². The Bertz CT molecular complexity index is 1430. The van der Waals surface area contributed by atoms with Gasteiger partial charge in [0, 0.05) is 17.0 Å². The molecule has 1 N–H and O–H groups in total. The zero-order valence-corrected chi connectivity index (χ0v) is 20.8. The molecule has 0 spiro atoms. The smallest absolute Gasteiger partial charge is 0.265 e. The monoisotopic (exact) mass is 490 g/mol. The molecule has 1 heterocycles. The molecule has 36 heavy (non-hydrogen) atoms. The van der Waals surface area contributed by atoms with E-state index in [2.05, 4.69) is 30.4 Å². The lowest BCUT2D eigenvalue weighted by Gasteiger charge is -2.30. The Morgan fingerprint density at radius 3 is 2.36 bits per heavy atom. The van der Waals surface area contributed by atoms with Crippen LogP contribution in [-0.2, 0) is 17.9 Å². The predicted octanol–water partition coefficient (Wildman–Crippen LogP) is 6.61. The van der Waals surface area contributed by atoms with Crippen LogP contribution in [0.5, 0.6) is 0 Å². The molecule has 0 unspecified atom stereocenters. The SMILES string of the molecule is Cc1cccc(CN2C(=O)/C(=C\c3ccc(C(=O)NCc4ccccc4)cc3)Sc3ccccc32)c1. The Morgan fingerprint density at radius 2 is 1.58 bits per heavy atom. The third-order valence-electron chi connectivity index (χ3n) is 6.02. The fraction of sp³-hybridized carbons (Fsp3) is 0.0968. The van der Waals surface area contributed by atoms with Crippen molar-refractivity contribution in [1.29, 1.82) is 0 Å². The minimum Gasteiger partial charge on any atom is -0.348 e. The number of rotatable bonds is 6. The van der Waals surface area contributed by atoms with Crippen molar-refractivity contribution in [2.45, 2.75) is 24.9 Å². The first-order chi connectivity index (χ1) is 17.6. The molecule has 0 aliphatic carbocycles. The van der Waals surface area contributed by atoms with E-state index in [0.29, 0.717) is 23.6 Å². The zero-order chi connectivity index (χ0) is 24.9. The fourth-order valence-electron chi connectivity index (χ4n) is 4.17. The summed E-state index contributed by atoms with van der Waals surface area (Å²) >= 11 is 1.48. The molecule has 0 bridgehead atoms. The normalized spacial score (nSPS) is 14.0. The summed E-state index contributed by atoms with van der Waals surface area (Å²) in [7, 11) is 0. The summed E-state index contributed by atoms with van der Waals surface area (Å²) in [6.07, 6.45) is 1.90. The first-order valence-electron chi connectivity index (χ1n) is 11.8. The molecule has 0 fully saturated rings. The van der Waals surface area contributed by atoms with Gasteiger partial charge in [-0.05, 0) is 54.0 Å². The number of anilines is 1. The van der Waals surface area contributed by atoms with E-state index in [-0.39, 0.29) is 11.8 Å².